The molecule has 0 aliphatic heterocycles. The van der Waals surface area contributed by atoms with Crippen molar-refractivity contribution in [3.63, 3.8) is 0 Å². The van der Waals surface area contributed by atoms with Crippen LogP contribution in [0.2, 0.25) is 5.02 Å². The Bertz CT molecular complexity index is 707. The number of nitrogens with zero attached hydrogens (tertiary/aromatic N) is 1. The SMILES string of the molecule is CC(=O)Nc1cccc(SC(C)C(=O)Nc2ccc(Cl)cn2)c1. The van der Waals surface area contributed by atoms with Gasteiger partial charge in [-0.05, 0) is 37.3 Å². The van der Waals surface area contributed by atoms with Crippen LogP contribution in [0, 0.1) is 0 Å². The quantitative estimate of drug-likeness (QED) is 0.805. The lowest BCUT2D eigenvalue weighted by Crippen LogP contribution is -2.22. The summed E-state index contributed by atoms with van der Waals surface area (Å²) in [6, 6.07) is 10.7. The zero-order valence-corrected chi connectivity index (χ0v) is 14.2. The number of hydrogen-bond acceptors (Lipinski definition) is 4. The van der Waals surface area contributed by atoms with E-state index in [0.717, 1.165) is 4.90 Å². The van der Waals surface area contributed by atoms with Crippen molar-refractivity contribution in [2.24, 2.45) is 0 Å². The predicted molar refractivity (Wildman–Crippen MR) is 93.9 cm³/mol. The zero-order chi connectivity index (χ0) is 16.8. The molecule has 1 aromatic heterocycles. The van der Waals surface area contributed by atoms with Gasteiger partial charge in [-0.2, -0.15) is 0 Å². The number of hydrogen-bond donors (Lipinski definition) is 2. The normalized spacial score (nSPS) is 11.6. The molecule has 1 atom stereocenters. The first-order valence-corrected chi connectivity index (χ1v) is 8.16. The van der Waals surface area contributed by atoms with Gasteiger partial charge in [0.15, 0.2) is 0 Å². The maximum atomic E-state index is 12.2. The lowest BCUT2D eigenvalue weighted by atomic mass is 10.3. The van der Waals surface area contributed by atoms with Gasteiger partial charge in [-0.1, -0.05) is 17.7 Å². The van der Waals surface area contributed by atoms with E-state index in [0.29, 0.717) is 16.5 Å². The van der Waals surface area contributed by atoms with Crippen molar-refractivity contribution in [2.45, 2.75) is 24.0 Å². The first kappa shape index (κ1) is 17.3. The van der Waals surface area contributed by atoms with Crippen LogP contribution in [0.1, 0.15) is 13.8 Å². The number of halogens is 1. The van der Waals surface area contributed by atoms with Crippen LogP contribution >= 0.6 is 23.4 Å². The molecule has 0 bridgehead atoms. The smallest absolute Gasteiger partial charge is 0.238 e. The molecule has 1 aromatic carbocycles. The average molecular weight is 350 g/mol. The largest absolute Gasteiger partial charge is 0.326 e. The van der Waals surface area contributed by atoms with Gasteiger partial charge in [0.25, 0.3) is 0 Å². The molecule has 1 unspecified atom stereocenters. The highest BCUT2D eigenvalue weighted by Crippen LogP contribution is 2.26. The van der Waals surface area contributed by atoms with Crippen LogP contribution in [0.3, 0.4) is 0 Å². The van der Waals surface area contributed by atoms with Gasteiger partial charge in [-0.15, -0.1) is 11.8 Å². The molecule has 0 saturated heterocycles. The molecule has 0 spiro atoms. The molecule has 23 heavy (non-hydrogen) atoms. The topological polar surface area (TPSA) is 71.1 Å². The van der Waals surface area contributed by atoms with Crippen molar-refractivity contribution in [3.8, 4) is 0 Å². The van der Waals surface area contributed by atoms with E-state index in [1.165, 1.54) is 24.9 Å². The summed E-state index contributed by atoms with van der Waals surface area (Å²) in [4.78, 5) is 28.2. The molecule has 7 heteroatoms. The first-order chi connectivity index (χ1) is 10.9. The number of benzene rings is 1. The maximum Gasteiger partial charge on any atom is 0.238 e. The molecule has 0 aliphatic carbocycles. The second-order valence-electron chi connectivity index (χ2n) is 4.82. The summed E-state index contributed by atoms with van der Waals surface area (Å²) >= 11 is 7.16. The third-order valence-electron chi connectivity index (χ3n) is 2.82. The minimum absolute atomic E-state index is 0.133. The van der Waals surface area contributed by atoms with Crippen molar-refractivity contribution < 1.29 is 9.59 Å². The van der Waals surface area contributed by atoms with E-state index in [4.69, 9.17) is 11.6 Å². The number of amides is 2. The first-order valence-electron chi connectivity index (χ1n) is 6.91. The van der Waals surface area contributed by atoms with Crippen LogP contribution < -0.4 is 10.6 Å². The molecule has 0 saturated carbocycles. The minimum Gasteiger partial charge on any atom is -0.326 e. The van der Waals surface area contributed by atoms with Crippen molar-refractivity contribution in [1.82, 2.24) is 4.98 Å². The number of rotatable bonds is 5. The van der Waals surface area contributed by atoms with Crippen molar-refractivity contribution in [3.05, 3.63) is 47.6 Å². The van der Waals surface area contributed by atoms with E-state index in [-0.39, 0.29) is 17.1 Å². The van der Waals surface area contributed by atoms with Gasteiger partial charge >= 0.3 is 0 Å². The third kappa shape index (κ3) is 5.58. The summed E-state index contributed by atoms with van der Waals surface area (Å²) in [5.74, 6) is 0.167. The monoisotopic (exact) mass is 349 g/mol. The molecule has 5 nitrogen and oxygen atoms in total. The predicted octanol–water partition coefficient (Wildman–Crippen LogP) is 3.81. The molecular weight excluding hydrogens is 334 g/mol. The van der Waals surface area contributed by atoms with Crippen LogP contribution in [0.25, 0.3) is 0 Å². The zero-order valence-electron chi connectivity index (χ0n) is 12.7. The Morgan fingerprint density at radius 3 is 2.65 bits per heavy atom. The Morgan fingerprint density at radius 1 is 1.22 bits per heavy atom. The summed E-state index contributed by atoms with van der Waals surface area (Å²) < 4.78 is 0. The highest BCUT2D eigenvalue weighted by molar-refractivity contribution is 8.00. The molecule has 120 valence electrons. The number of aromatic nitrogens is 1. The highest BCUT2D eigenvalue weighted by Gasteiger charge is 2.15. The number of carbonyl (C=O) groups is 2. The van der Waals surface area contributed by atoms with Gasteiger partial charge in [0.1, 0.15) is 5.82 Å². The van der Waals surface area contributed by atoms with Crippen LogP contribution in [-0.2, 0) is 9.59 Å². The Morgan fingerprint density at radius 2 is 2.00 bits per heavy atom. The Kier molecular flexibility index (Phi) is 6.01. The van der Waals surface area contributed by atoms with Gasteiger partial charge in [0, 0.05) is 23.7 Å². The number of nitrogens with one attached hydrogen (secondary N) is 2. The van der Waals surface area contributed by atoms with Crippen LogP contribution in [0.5, 0.6) is 0 Å². The van der Waals surface area contributed by atoms with E-state index in [1.54, 1.807) is 25.1 Å². The van der Waals surface area contributed by atoms with E-state index in [2.05, 4.69) is 15.6 Å². The van der Waals surface area contributed by atoms with E-state index >= 15 is 0 Å². The fraction of sp³-hybridized carbons (Fsp3) is 0.188. The summed E-state index contributed by atoms with van der Waals surface area (Å²) in [5, 5.41) is 5.65. The summed E-state index contributed by atoms with van der Waals surface area (Å²) in [5.41, 5.74) is 0.703. The van der Waals surface area contributed by atoms with Crippen molar-refractivity contribution >= 4 is 46.7 Å². The number of thioether (sulfide) groups is 1. The average Bonchev–Trinajstić information content (AvgIpc) is 2.49. The molecular formula is C16H16ClN3O2S. The Labute approximate surface area is 143 Å². The number of anilines is 2. The van der Waals surface area contributed by atoms with Gasteiger partial charge in [0.2, 0.25) is 11.8 Å². The summed E-state index contributed by atoms with van der Waals surface area (Å²) in [6.45, 7) is 3.26. The molecule has 0 fully saturated rings. The molecule has 0 radical (unpaired) electrons. The van der Waals surface area contributed by atoms with E-state index in [1.807, 2.05) is 18.2 Å². The standard InChI is InChI=1S/C16H16ClN3O2S/c1-10(16(22)20-15-7-6-12(17)9-18-15)23-14-5-3-4-13(8-14)19-11(2)21/h3-10H,1-2H3,(H,19,21)(H,18,20,22). The summed E-state index contributed by atoms with van der Waals surface area (Å²) in [7, 11) is 0. The number of carbonyl (C=O) groups excluding carboxylic acids is 2. The Hall–Kier alpha value is -2.05. The molecule has 2 amide bonds. The fourth-order valence-corrected chi connectivity index (χ4v) is 2.82. The van der Waals surface area contributed by atoms with Gasteiger partial charge < -0.3 is 10.6 Å². The third-order valence-corrected chi connectivity index (χ3v) is 4.13. The Balaban J connectivity index is 1.97. The van der Waals surface area contributed by atoms with Gasteiger partial charge in [0.05, 0.1) is 10.3 Å². The minimum atomic E-state index is -0.319. The van der Waals surface area contributed by atoms with E-state index in [9.17, 15) is 9.59 Å². The van der Waals surface area contributed by atoms with Crippen molar-refractivity contribution in [2.75, 3.05) is 10.6 Å². The highest BCUT2D eigenvalue weighted by atomic mass is 35.5. The van der Waals surface area contributed by atoms with Gasteiger partial charge in [-0.3, -0.25) is 9.59 Å². The lowest BCUT2D eigenvalue weighted by molar-refractivity contribution is -0.115. The summed E-state index contributed by atoms with van der Waals surface area (Å²) in [6.07, 6.45) is 1.48. The molecule has 1 heterocycles. The van der Waals surface area contributed by atoms with Crippen LogP contribution in [-0.4, -0.2) is 22.0 Å². The van der Waals surface area contributed by atoms with Crippen LogP contribution in [0.4, 0.5) is 11.5 Å². The van der Waals surface area contributed by atoms with Crippen molar-refractivity contribution in [1.29, 1.82) is 0 Å². The number of pyridine rings is 1. The molecule has 2 aromatic rings. The second-order valence-corrected chi connectivity index (χ2v) is 6.67. The van der Waals surface area contributed by atoms with Crippen LogP contribution in [0.15, 0.2) is 47.5 Å². The second kappa shape index (κ2) is 7.99. The van der Waals surface area contributed by atoms with Gasteiger partial charge in [-0.25, -0.2) is 4.98 Å². The van der Waals surface area contributed by atoms with E-state index < -0.39 is 0 Å². The lowest BCUT2D eigenvalue weighted by Gasteiger charge is -2.12. The molecule has 0 aliphatic rings. The fourth-order valence-electron chi connectivity index (χ4n) is 1.79. The molecule has 2 N–H and O–H groups in total. The maximum absolute atomic E-state index is 12.2. The molecule has 2 rings (SSSR count).